The van der Waals surface area contributed by atoms with Crippen molar-refractivity contribution in [2.45, 2.75) is 27.7 Å². The second-order valence-corrected chi connectivity index (χ2v) is 8.54. The van der Waals surface area contributed by atoms with Crippen LogP contribution in [0.3, 0.4) is 0 Å². The van der Waals surface area contributed by atoms with E-state index in [1.807, 2.05) is 19.9 Å². The standard InChI is InChI=1S/C27H25ClN2O3/c1-15-6-8-20(16(2)10-15)23-14-33-27-18(4)26(32-5)21(12-22(23)27)17(3)11-25(31)30-24-9-7-19(28)13-29-24/h6-14H,1-5H3,(H,29,30,31)/b17-11+. The van der Waals surface area contributed by atoms with E-state index in [1.165, 1.54) is 23.4 Å². The van der Waals surface area contributed by atoms with Crippen molar-refractivity contribution >= 4 is 39.9 Å². The Kier molecular flexibility index (Phi) is 6.25. The molecule has 6 heteroatoms. The van der Waals surface area contributed by atoms with Gasteiger partial charge in [0, 0.05) is 34.3 Å². The molecular formula is C27H25ClN2O3. The number of nitrogens with one attached hydrogen (secondary N) is 1. The number of carbonyl (C=O) groups excluding carboxylic acids is 1. The van der Waals surface area contributed by atoms with Crippen molar-refractivity contribution in [3.05, 3.63) is 82.2 Å². The molecule has 0 aliphatic rings. The summed E-state index contributed by atoms with van der Waals surface area (Å²) in [5, 5.41) is 4.24. The third kappa shape index (κ3) is 4.50. The molecule has 0 spiro atoms. The van der Waals surface area contributed by atoms with Crippen molar-refractivity contribution in [3.63, 3.8) is 0 Å². The molecular weight excluding hydrogens is 436 g/mol. The van der Waals surface area contributed by atoms with Crippen molar-refractivity contribution in [2.24, 2.45) is 0 Å². The zero-order valence-corrected chi connectivity index (χ0v) is 20.0. The number of methoxy groups -OCH3 is 1. The van der Waals surface area contributed by atoms with Gasteiger partial charge in [0.15, 0.2) is 0 Å². The first-order valence-corrected chi connectivity index (χ1v) is 10.9. The highest BCUT2D eigenvalue weighted by Crippen LogP contribution is 2.41. The van der Waals surface area contributed by atoms with Gasteiger partial charge < -0.3 is 14.5 Å². The first-order chi connectivity index (χ1) is 15.8. The number of ether oxygens (including phenoxy) is 1. The number of pyridine rings is 1. The summed E-state index contributed by atoms with van der Waals surface area (Å²) < 4.78 is 11.7. The number of carbonyl (C=O) groups is 1. The van der Waals surface area contributed by atoms with Gasteiger partial charge in [0.05, 0.1) is 18.4 Å². The van der Waals surface area contributed by atoms with Crippen LogP contribution in [-0.2, 0) is 4.79 Å². The summed E-state index contributed by atoms with van der Waals surface area (Å²) in [7, 11) is 1.62. The topological polar surface area (TPSA) is 64.4 Å². The molecule has 168 valence electrons. The number of nitrogens with zero attached hydrogens (tertiary/aromatic N) is 1. The Morgan fingerprint density at radius 2 is 1.91 bits per heavy atom. The molecule has 33 heavy (non-hydrogen) atoms. The number of benzene rings is 2. The first kappa shape index (κ1) is 22.6. The van der Waals surface area contributed by atoms with Crippen molar-refractivity contribution in [1.82, 2.24) is 4.98 Å². The van der Waals surface area contributed by atoms with Gasteiger partial charge in [-0.1, -0.05) is 35.4 Å². The molecule has 4 rings (SSSR count). The van der Waals surface area contributed by atoms with Crippen LogP contribution in [0.1, 0.15) is 29.2 Å². The number of hydrogen-bond donors (Lipinski definition) is 1. The van der Waals surface area contributed by atoms with Crippen LogP contribution in [0.5, 0.6) is 5.75 Å². The Morgan fingerprint density at radius 3 is 2.58 bits per heavy atom. The van der Waals surface area contributed by atoms with Gasteiger partial charge in [-0.2, -0.15) is 0 Å². The van der Waals surface area contributed by atoms with Crippen LogP contribution in [0.2, 0.25) is 5.02 Å². The normalized spacial score (nSPS) is 11.6. The zero-order chi connectivity index (χ0) is 23.7. The molecule has 0 saturated carbocycles. The van der Waals surface area contributed by atoms with Crippen LogP contribution in [0.15, 0.2) is 59.4 Å². The van der Waals surface area contributed by atoms with E-state index < -0.39 is 0 Å². The number of halogens is 1. The fourth-order valence-corrected chi connectivity index (χ4v) is 4.19. The number of hydrogen-bond acceptors (Lipinski definition) is 4. The van der Waals surface area contributed by atoms with E-state index in [0.717, 1.165) is 38.8 Å². The average Bonchev–Trinajstić information content (AvgIpc) is 3.19. The minimum atomic E-state index is -0.288. The SMILES string of the molecule is COc1c(/C(C)=C/C(=O)Nc2ccc(Cl)cn2)cc2c(-c3ccc(C)cc3C)coc2c1C. The number of fused-ring (bicyclic) bond motifs is 1. The molecule has 1 N–H and O–H groups in total. The Hall–Kier alpha value is -3.57. The van der Waals surface area contributed by atoms with Crippen LogP contribution in [0.25, 0.3) is 27.7 Å². The van der Waals surface area contributed by atoms with Gasteiger partial charge in [0.1, 0.15) is 17.2 Å². The molecule has 0 radical (unpaired) electrons. The van der Waals surface area contributed by atoms with Gasteiger partial charge in [-0.15, -0.1) is 0 Å². The molecule has 0 fully saturated rings. The Morgan fingerprint density at radius 1 is 1.12 bits per heavy atom. The highest BCUT2D eigenvalue weighted by atomic mass is 35.5. The molecule has 0 aliphatic carbocycles. The summed E-state index contributed by atoms with van der Waals surface area (Å²) in [4.78, 5) is 16.7. The smallest absolute Gasteiger partial charge is 0.249 e. The number of furan rings is 1. The van der Waals surface area contributed by atoms with Crippen LogP contribution in [0.4, 0.5) is 5.82 Å². The molecule has 0 aliphatic heterocycles. The Labute approximate surface area is 198 Å². The summed E-state index contributed by atoms with van der Waals surface area (Å²) in [6.07, 6.45) is 4.81. The lowest BCUT2D eigenvalue weighted by molar-refractivity contribution is -0.111. The second-order valence-electron chi connectivity index (χ2n) is 8.11. The van der Waals surface area contributed by atoms with E-state index in [9.17, 15) is 4.79 Å². The number of amides is 1. The Bertz CT molecular complexity index is 1390. The van der Waals surface area contributed by atoms with Crippen LogP contribution >= 0.6 is 11.6 Å². The maximum Gasteiger partial charge on any atom is 0.249 e. The summed E-state index contributed by atoms with van der Waals surface area (Å²) in [5.41, 5.74) is 7.75. The van der Waals surface area contributed by atoms with Crippen molar-refractivity contribution in [1.29, 1.82) is 0 Å². The zero-order valence-electron chi connectivity index (χ0n) is 19.2. The van der Waals surface area contributed by atoms with Gasteiger partial charge in [0.25, 0.3) is 0 Å². The van der Waals surface area contributed by atoms with E-state index in [0.29, 0.717) is 16.6 Å². The van der Waals surface area contributed by atoms with E-state index in [2.05, 4.69) is 42.3 Å². The molecule has 0 bridgehead atoms. The summed E-state index contributed by atoms with van der Waals surface area (Å²) in [5.74, 6) is 0.818. The highest BCUT2D eigenvalue weighted by molar-refractivity contribution is 6.30. The molecule has 4 aromatic rings. The predicted octanol–water partition coefficient (Wildman–Crippen LogP) is 7.12. The van der Waals surface area contributed by atoms with E-state index in [1.54, 1.807) is 25.5 Å². The molecule has 0 unspecified atom stereocenters. The van der Waals surface area contributed by atoms with Gasteiger partial charge >= 0.3 is 0 Å². The van der Waals surface area contributed by atoms with Gasteiger partial charge in [-0.05, 0) is 62.6 Å². The minimum absolute atomic E-state index is 0.288. The molecule has 0 atom stereocenters. The molecule has 0 saturated heterocycles. The minimum Gasteiger partial charge on any atom is -0.496 e. The molecule has 5 nitrogen and oxygen atoms in total. The molecule has 2 aromatic heterocycles. The summed E-state index contributed by atoms with van der Waals surface area (Å²) in [6, 6.07) is 11.7. The fourth-order valence-electron chi connectivity index (χ4n) is 4.08. The van der Waals surface area contributed by atoms with Crippen LogP contribution in [0, 0.1) is 20.8 Å². The average molecular weight is 461 g/mol. The van der Waals surface area contributed by atoms with E-state index in [-0.39, 0.29) is 5.91 Å². The quantitative estimate of drug-likeness (QED) is 0.322. The number of anilines is 1. The van der Waals surface area contributed by atoms with Crippen molar-refractivity contribution in [2.75, 3.05) is 12.4 Å². The fraction of sp³-hybridized carbons (Fsp3) is 0.185. The van der Waals surface area contributed by atoms with Gasteiger partial charge in [-0.3, -0.25) is 4.79 Å². The summed E-state index contributed by atoms with van der Waals surface area (Å²) >= 11 is 5.86. The molecule has 1 amide bonds. The van der Waals surface area contributed by atoms with Crippen molar-refractivity contribution in [3.8, 4) is 16.9 Å². The second kappa shape index (κ2) is 9.12. The molecule has 2 aromatic carbocycles. The maximum absolute atomic E-state index is 12.6. The maximum atomic E-state index is 12.6. The lowest BCUT2D eigenvalue weighted by Gasteiger charge is -2.14. The monoisotopic (exact) mass is 460 g/mol. The van der Waals surface area contributed by atoms with Crippen LogP contribution < -0.4 is 10.1 Å². The van der Waals surface area contributed by atoms with Gasteiger partial charge in [-0.25, -0.2) is 4.98 Å². The lowest BCUT2D eigenvalue weighted by Crippen LogP contribution is -2.10. The number of aryl methyl sites for hydroxylation is 3. The largest absolute Gasteiger partial charge is 0.496 e. The van der Waals surface area contributed by atoms with E-state index in [4.69, 9.17) is 20.8 Å². The first-order valence-electron chi connectivity index (χ1n) is 10.6. The number of aromatic nitrogens is 1. The number of rotatable bonds is 5. The van der Waals surface area contributed by atoms with E-state index >= 15 is 0 Å². The Balaban J connectivity index is 1.78. The lowest BCUT2D eigenvalue weighted by atomic mass is 9.94. The third-order valence-electron chi connectivity index (χ3n) is 5.67. The highest BCUT2D eigenvalue weighted by Gasteiger charge is 2.19. The van der Waals surface area contributed by atoms with Crippen LogP contribution in [-0.4, -0.2) is 18.0 Å². The third-order valence-corrected chi connectivity index (χ3v) is 5.89. The molecule has 2 heterocycles. The summed E-state index contributed by atoms with van der Waals surface area (Å²) in [6.45, 7) is 8.02. The predicted molar refractivity (Wildman–Crippen MR) is 134 cm³/mol. The van der Waals surface area contributed by atoms with Gasteiger partial charge in [0.2, 0.25) is 5.91 Å². The van der Waals surface area contributed by atoms with Crippen molar-refractivity contribution < 1.29 is 13.9 Å². The number of allylic oxidation sites excluding steroid dienone is 1.